The van der Waals surface area contributed by atoms with E-state index in [2.05, 4.69) is 5.32 Å². The summed E-state index contributed by atoms with van der Waals surface area (Å²) in [6.45, 7) is 1.36. The van der Waals surface area contributed by atoms with E-state index in [1.54, 1.807) is 17.0 Å². The molecule has 0 aliphatic carbocycles. The van der Waals surface area contributed by atoms with Crippen LogP contribution >= 0.6 is 0 Å². The maximum atomic E-state index is 12.5. The molecule has 1 N–H and O–H groups in total. The molecule has 2 fully saturated rings. The van der Waals surface area contributed by atoms with Gasteiger partial charge >= 0.3 is 0 Å². The predicted octanol–water partition coefficient (Wildman–Crippen LogP) is 1.18. The zero-order valence-electron chi connectivity index (χ0n) is 10.2. The highest BCUT2D eigenvalue weighted by Crippen LogP contribution is 2.36. The second kappa shape index (κ2) is 4.12. The Labute approximate surface area is 106 Å². The first-order valence-corrected chi connectivity index (χ1v) is 6.39. The smallest absolute Gasteiger partial charge is 0.254 e. The molecule has 2 saturated heterocycles. The van der Waals surface area contributed by atoms with Gasteiger partial charge in [-0.3, -0.25) is 9.59 Å². The van der Waals surface area contributed by atoms with Crippen LogP contribution in [0.5, 0.6) is 0 Å². The minimum Gasteiger partial charge on any atom is -0.354 e. The number of rotatable bonds is 1. The lowest BCUT2D eigenvalue weighted by molar-refractivity contribution is -0.127. The van der Waals surface area contributed by atoms with E-state index in [4.69, 9.17) is 0 Å². The number of likely N-dealkylation sites (tertiary alicyclic amines) is 1. The first-order valence-electron chi connectivity index (χ1n) is 6.39. The van der Waals surface area contributed by atoms with E-state index < -0.39 is 5.54 Å². The van der Waals surface area contributed by atoms with Crippen LogP contribution in [0.1, 0.15) is 29.6 Å². The van der Waals surface area contributed by atoms with E-state index in [0.29, 0.717) is 18.7 Å². The Hall–Kier alpha value is -1.84. The van der Waals surface area contributed by atoms with Crippen molar-refractivity contribution in [3.05, 3.63) is 35.9 Å². The molecule has 18 heavy (non-hydrogen) atoms. The molecule has 1 spiro atoms. The molecule has 0 aromatic heterocycles. The van der Waals surface area contributed by atoms with Gasteiger partial charge in [-0.25, -0.2) is 0 Å². The summed E-state index contributed by atoms with van der Waals surface area (Å²) in [4.78, 5) is 26.3. The molecule has 4 nitrogen and oxygen atoms in total. The minimum atomic E-state index is -0.576. The first kappa shape index (κ1) is 11.3. The van der Waals surface area contributed by atoms with Crippen LogP contribution in [0, 0.1) is 0 Å². The standard InChI is InChI=1S/C14H16N2O2/c17-12(11-5-2-1-3-6-11)16-10-4-7-14(16)8-9-15-13(14)18/h1-3,5-6H,4,7-10H2,(H,15,18). The van der Waals surface area contributed by atoms with Gasteiger partial charge in [0, 0.05) is 18.7 Å². The molecular weight excluding hydrogens is 228 g/mol. The number of nitrogens with zero attached hydrogens (tertiary/aromatic N) is 1. The summed E-state index contributed by atoms with van der Waals surface area (Å²) >= 11 is 0. The Balaban J connectivity index is 1.92. The molecule has 0 saturated carbocycles. The van der Waals surface area contributed by atoms with Crippen molar-refractivity contribution < 1.29 is 9.59 Å². The van der Waals surface area contributed by atoms with Gasteiger partial charge in [-0.1, -0.05) is 18.2 Å². The van der Waals surface area contributed by atoms with E-state index in [1.165, 1.54) is 0 Å². The van der Waals surface area contributed by atoms with Gasteiger partial charge in [0.25, 0.3) is 5.91 Å². The van der Waals surface area contributed by atoms with Crippen molar-refractivity contribution in [3.63, 3.8) is 0 Å². The highest BCUT2D eigenvalue weighted by Gasteiger charge is 2.52. The van der Waals surface area contributed by atoms with Crippen molar-refractivity contribution in [1.82, 2.24) is 10.2 Å². The Bertz CT molecular complexity index is 482. The summed E-state index contributed by atoms with van der Waals surface area (Å²) in [7, 11) is 0. The maximum Gasteiger partial charge on any atom is 0.254 e. The Morgan fingerprint density at radius 2 is 2.00 bits per heavy atom. The zero-order valence-corrected chi connectivity index (χ0v) is 10.2. The van der Waals surface area contributed by atoms with Gasteiger partial charge in [0.15, 0.2) is 0 Å². The first-order chi connectivity index (χ1) is 8.74. The van der Waals surface area contributed by atoms with E-state index in [-0.39, 0.29) is 11.8 Å². The number of carbonyl (C=O) groups excluding carboxylic acids is 2. The summed E-state index contributed by atoms with van der Waals surface area (Å²) in [5.41, 5.74) is 0.0888. The molecule has 2 aliphatic heterocycles. The lowest BCUT2D eigenvalue weighted by Crippen LogP contribution is -2.52. The van der Waals surface area contributed by atoms with Crippen LogP contribution in [0.2, 0.25) is 0 Å². The zero-order chi connectivity index (χ0) is 12.6. The quantitative estimate of drug-likeness (QED) is 0.806. The SMILES string of the molecule is O=C(c1ccccc1)N1CCCC12CCNC2=O. The van der Waals surface area contributed by atoms with Gasteiger partial charge in [0.2, 0.25) is 5.91 Å². The number of amides is 2. The summed E-state index contributed by atoms with van der Waals surface area (Å²) in [5, 5.41) is 2.86. The lowest BCUT2D eigenvalue weighted by atomic mass is 9.94. The third-order valence-electron chi connectivity index (χ3n) is 4.00. The summed E-state index contributed by atoms with van der Waals surface area (Å²) in [6, 6.07) is 9.20. The molecule has 3 rings (SSSR count). The molecule has 4 heteroatoms. The normalized spacial score (nSPS) is 26.7. The fraction of sp³-hybridized carbons (Fsp3) is 0.429. The van der Waals surface area contributed by atoms with Gasteiger partial charge in [-0.15, -0.1) is 0 Å². The summed E-state index contributed by atoms with van der Waals surface area (Å²) in [6.07, 6.45) is 2.44. The van der Waals surface area contributed by atoms with E-state index in [0.717, 1.165) is 19.3 Å². The molecule has 2 amide bonds. The maximum absolute atomic E-state index is 12.5. The minimum absolute atomic E-state index is 0.0179. The van der Waals surface area contributed by atoms with Crippen molar-refractivity contribution in [1.29, 1.82) is 0 Å². The van der Waals surface area contributed by atoms with Crippen molar-refractivity contribution in [2.75, 3.05) is 13.1 Å². The molecule has 1 aromatic rings. The molecule has 94 valence electrons. The van der Waals surface area contributed by atoms with Gasteiger partial charge in [-0.2, -0.15) is 0 Å². The van der Waals surface area contributed by atoms with Crippen molar-refractivity contribution >= 4 is 11.8 Å². The molecule has 0 radical (unpaired) electrons. The van der Waals surface area contributed by atoms with E-state index in [9.17, 15) is 9.59 Å². The van der Waals surface area contributed by atoms with Gasteiger partial charge in [-0.05, 0) is 31.4 Å². The van der Waals surface area contributed by atoms with Crippen LogP contribution in [-0.2, 0) is 4.79 Å². The lowest BCUT2D eigenvalue weighted by Gasteiger charge is -2.32. The molecule has 2 aliphatic rings. The Morgan fingerprint density at radius 1 is 1.22 bits per heavy atom. The van der Waals surface area contributed by atoms with Crippen LogP contribution in [0.15, 0.2) is 30.3 Å². The Morgan fingerprint density at radius 3 is 2.67 bits per heavy atom. The van der Waals surface area contributed by atoms with Crippen LogP contribution in [-0.4, -0.2) is 35.3 Å². The molecule has 0 bridgehead atoms. The Kier molecular flexibility index (Phi) is 2.58. The number of hydrogen-bond donors (Lipinski definition) is 1. The third kappa shape index (κ3) is 1.52. The van der Waals surface area contributed by atoms with Crippen molar-refractivity contribution in [2.24, 2.45) is 0 Å². The molecule has 1 aromatic carbocycles. The number of hydrogen-bond acceptors (Lipinski definition) is 2. The molecule has 1 atom stereocenters. The summed E-state index contributed by atoms with van der Waals surface area (Å²) in [5.74, 6) is -0.00516. The van der Waals surface area contributed by atoms with E-state index in [1.807, 2.05) is 18.2 Å². The largest absolute Gasteiger partial charge is 0.354 e. The molecule has 2 heterocycles. The fourth-order valence-electron chi connectivity index (χ4n) is 3.07. The number of benzene rings is 1. The number of nitrogens with one attached hydrogen (secondary N) is 1. The van der Waals surface area contributed by atoms with Crippen LogP contribution in [0.3, 0.4) is 0 Å². The monoisotopic (exact) mass is 244 g/mol. The van der Waals surface area contributed by atoms with E-state index >= 15 is 0 Å². The van der Waals surface area contributed by atoms with Crippen LogP contribution in [0.4, 0.5) is 0 Å². The predicted molar refractivity (Wildman–Crippen MR) is 67.1 cm³/mol. The van der Waals surface area contributed by atoms with Crippen molar-refractivity contribution in [2.45, 2.75) is 24.8 Å². The third-order valence-corrected chi connectivity index (χ3v) is 4.00. The van der Waals surface area contributed by atoms with Crippen LogP contribution < -0.4 is 5.32 Å². The van der Waals surface area contributed by atoms with Gasteiger partial charge < -0.3 is 10.2 Å². The number of carbonyl (C=O) groups is 2. The van der Waals surface area contributed by atoms with Gasteiger partial charge in [0.05, 0.1) is 0 Å². The average Bonchev–Trinajstić information content (AvgIpc) is 2.99. The highest BCUT2D eigenvalue weighted by atomic mass is 16.2. The second-order valence-electron chi connectivity index (χ2n) is 4.96. The summed E-state index contributed by atoms with van der Waals surface area (Å²) < 4.78 is 0. The van der Waals surface area contributed by atoms with Crippen LogP contribution in [0.25, 0.3) is 0 Å². The average molecular weight is 244 g/mol. The molecular formula is C14H16N2O2. The topological polar surface area (TPSA) is 49.4 Å². The molecule has 1 unspecified atom stereocenters. The van der Waals surface area contributed by atoms with Gasteiger partial charge in [0.1, 0.15) is 5.54 Å². The fourth-order valence-corrected chi connectivity index (χ4v) is 3.07. The van der Waals surface area contributed by atoms with Crippen molar-refractivity contribution in [3.8, 4) is 0 Å². The highest BCUT2D eigenvalue weighted by molar-refractivity contribution is 6.00. The second-order valence-corrected chi connectivity index (χ2v) is 4.96.